The standard InChI is InChI=1S/C18H16N2O3/c1-11(22)16(10-21)20-18(23)17-12-6-2-4-8-14(12)19-15-9-5-3-7-13(15)17/h2-9,16,21H,10H2,1H3,(H,20,23). The number of nitrogens with zero attached hydrogens (tertiary/aromatic N) is 1. The average Bonchev–Trinajstić information content (AvgIpc) is 2.56. The molecule has 0 spiro atoms. The summed E-state index contributed by atoms with van der Waals surface area (Å²) >= 11 is 0. The van der Waals surface area contributed by atoms with E-state index in [1.54, 1.807) is 0 Å². The first-order valence-corrected chi connectivity index (χ1v) is 7.31. The highest BCUT2D eigenvalue weighted by molar-refractivity contribution is 6.16. The van der Waals surface area contributed by atoms with Crippen LogP contribution in [0.3, 0.4) is 0 Å². The summed E-state index contributed by atoms with van der Waals surface area (Å²) in [6, 6.07) is 13.8. The van der Waals surface area contributed by atoms with Gasteiger partial charge in [0.15, 0.2) is 5.78 Å². The zero-order valence-corrected chi connectivity index (χ0v) is 12.6. The maximum absolute atomic E-state index is 12.7. The molecule has 0 aliphatic rings. The van der Waals surface area contributed by atoms with Crippen LogP contribution in [-0.4, -0.2) is 34.4 Å². The maximum atomic E-state index is 12.7. The monoisotopic (exact) mass is 308 g/mol. The number of rotatable bonds is 4. The van der Waals surface area contributed by atoms with E-state index in [1.165, 1.54) is 6.92 Å². The molecule has 3 aromatic rings. The van der Waals surface area contributed by atoms with E-state index in [4.69, 9.17) is 0 Å². The van der Waals surface area contributed by atoms with E-state index < -0.39 is 18.6 Å². The van der Waals surface area contributed by atoms with Crippen LogP contribution in [0, 0.1) is 0 Å². The van der Waals surface area contributed by atoms with Crippen LogP contribution in [-0.2, 0) is 4.79 Å². The maximum Gasteiger partial charge on any atom is 0.253 e. The van der Waals surface area contributed by atoms with E-state index in [1.807, 2.05) is 48.5 Å². The Kier molecular flexibility index (Phi) is 4.04. The molecule has 1 amide bonds. The molecule has 116 valence electrons. The Morgan fingerprint density at radius 3 is 2.04 bits per heavy atom. The minimum Gasteiger partial charge on any atom is -0.394 e. The molecule has 0 saturated heterocycles. The third kappa shape index (κ3) is 2.78. The number of benzene rings is 2. The van der Waals surface area contributed by atoms with Gasteiger partial charge in [0.2, 0.25) is 0 Å². The van der Waals surface area contributed by atoms with Gasteiger partial charge in [-0.3, -0.25) is 9.59 Å². The first-order valence-electron chi connectivity index (χ1n) is 7.31. The molecule has 2 N–H and O–H groups in total. The number of aliphatic hydroxyl groups is 1. The van der Waals surface area contributed by atoms with E-state index in [9.17, 15) is 14.7 Å². The van der Waals surface area contributed by atoms with Gasteiger partial charge in [-0.15, -0.1) is 0 Å². The molecule has 0 aliphatic heterocycles. The summed E-state index contributed by atoms with van der Waals surface area (Å²) in [6.45, 7) is 0.909. The van der Waals surface area contributed by atoms with Crippen LogP contribution in [0.5, 0.6) is 0 Å². The number of fused-ring (bicyclic) bond motifs is 2. The predicted molar refractivity (Wildman–Crippen MR) is 88.3 cm³/mol. The molecule has 5 nitrogen and oxygen atoms in total. The van der Waals surface area contributed by atoms with Crippen LogP contribution in [0.1, 0.15) is 17.3 Å². The van der Waals surface area contributed by atoms with Crippen LogP contribution in [0.4, 0.5) is 0 Å². The van der Waals surface area contributed by atoms with E-state index in [0.29, 0.717) is 27.4 Å². The number of Topliss-reactive ketones (excluding diaryl/α,β-unsaturated/α-hetero) is 1. The molecule has 0 radical (unpaired) electrons. The first kappa shape index (κ1) is 15.1. The van der Waals surface area contributed by atoms with Crippen molar-refractivity contribution in [3.63, 3.8) is 0 Å². The van der Waals surface area contributed by atoms with Crippen molar-refractivity contribution in [3.8, 4) is 0 Å². The number of carbonyl (C=O) groups excluding carboxylic acids is 2. The molecule has 3 rings (SSSR count). The highest BCUT2D eigenvalue weighted by Gasteiger charge is 2.20. The number of nitrogens with one attached hydrogen (secondary N) is 1. The molecule has 2 aromatic carbocycles. The second-order valence-electron chi connectivity index (χ2n) is 5.34. The normalized spacial score (nSPS) is 12.3. The van der Waals surface area contributed by atoms with Gasteiger partial charge in [-0.1, -0.05) is 36.4 Å². The van der Waals surface area contributed by atoms with Crippen molar-refractivity contribution < 1.29 is 14.7 Å². The number of aliphatic hydroxyl groups excluding tert-OH is 1. The van der Waals surface area contributed by atoms with Crippen molar-refractivity contribution in [2.24, 2.45) is 0 Å². The summed E-state index contributed by atoms with van der Waals surface area (Å²) in [5.41, 5.74) is 1.88. The predicted octanol–water partition coefficient (Wildman–Crippen LogP) is 2.07. The molecule has 5 heteroatoms. The molecule has 1 heterocycles. The largest absolute Gasteiger partial charge is 0.394 e. The fourth-order valence-corrected chi connectivity index (χ4v) is 2.59. The zero-order chi connectivity index (χ0) is 16.4. The van der Waals surface area contributed by atoms with Crippen LogP contribution in [0.2, 0.25) is 0 Å². The first-order chi connectivity index (χ1) is 11.1. The van der Waals surface area contributed by atoms with Gasteiger partial charge in [0.1, 0.15) is 6.04 Å². The molecule has 0 saturated carbocycles. The van der Waals surface area contributed by atoms with Gasteiger partial charge in [-0.2, -0.15) is 0 Å². The van der Waals surface area contributed by atoms with Gasteiger partial charge in [0, 0.05) is 10.8 Å². The molecular formula is C18H16N2O3. The lowest BCUT2D eigenvalue weighted by atomic mass is 10.0. The third-order valence-corrected chi connectivity index (χ3v) is 3.79. The van der Waals surface area contributed by atoms with Crippen molar-refractivity contribution in [1.29, 1.82) is 0 Å². The Morgan fingerprint density at radius 1 is 1.04 bits per heavy atom. The van der Waals surface area contributed by atoms with Crippen LogP contribution >= 0.6 is 0 Å². The Bertz CT molecular complexity index is 851. The SMILES string of the molecule is CC(=O)C(CO)NC(=O)c1c2ccccc2nc2ccccc12. The smallest absolute Gasteiger partial charge is 0.253 e. The fraction of sp³-hybridized carbons (Fsp3) is 0.167. The molecule has 0 aliphatic carbocycles. The van der Waals surface area contributed by atoms with E-state index >= 15 is 0 Å². The van der Waals surface area contributed by atoms with Crippen LogP contribution in [0.15, 0.2) is 48.5 Å². The minimum atomic E-state index is -0.909. The average molecular weight is 308 g/mol. The second kappa shape index (κ2) is 6.14. The number of ketones is 1. The van der Waals surface area contributed by atoms with Crippen molar-refractivity contribution in [2.75, 3.05) is 6.61 Å². The van der Waals surface area contributed by atoms with Crippen molar-refractivity contribution in [2.45, 2.75) is 13.0 Å². The Labute approximate surface area is 133 Å². The number of amides is 1. The number of hydrogen-bond donors (Lipinski definition) is 2. The summed E-state index contributed by atoms with van der Waals surface area (Å²) in [6.07, 6.45) is 0. The highest BCUT2D eigenvalue weighted by Crippen LogP contribution is 2.25. The molecule has 0 fully saturated rings. The Morgan fingerprint density at radius 2 is 1.57 bits per heavy atom. The molecular weight excluding hydrogens is 292 g/mol. The summed E-state index contributed by atoms with van der Waals surface area (Å²) < 4.78 is 0. The second-order valence-corrected chi connectivity index (χ2v) is 5.34. The fourth-order valence-electron chi connectivity index (χ4n) is 2.59. The Hall–Kier alpha value is -2.79. The van der Waals surface area contributed by atoms with Gasteiger partial charge in [0.05, 0.1) is 23.2 Å². The number of carbonyl (C=O) groups is 2. The Balaban J connectivity index is 2.20. The van der Waals surface area contributed by atoms with Gasteiger partial charge < -0.3 is 10.4 Å². The lowest BCUT2D eigenvalue weighted by Crippen LogP contribution is -2.42. The quantitative estimate of drug-likeness (QED) is 0.723. The number of aromatic nitrogens is 1. The van der Waals surface area contributed by atoms with Gasteiger partial charge in [-0.05, 0) is 19.1 Å². The molecule has 1 aromatic heterocycles. The zero-order valence-electron chi connectivity index (χ0n) is 12.6. The minimum absolute atomic E-state index is 0.288. The van der Waals surface area contributed by atoms with Crippen molar-refractivity contribution in [1.82, 2.24) is 10.3 Å². The lowest BCUT2D eigenvalue weighted by Gasteiger charge is -2.15. The van der Waals surface area contributed by atoms with Crippen LogP contribution in [0.25, 0.3) is 21.8 Å². The number of para-hydroxylation sites is 2. The molecule has 1 atom stereocenters. The topological polar surface area (TPSA) is 79.3 Å². The van der Waals surface area contributed by atoms with E-state index in [2.05, 4.69) is 10.3 Å². The summed E-state index contributed by atoms with van der Waals surface area (Å²) in [5.74, 6) is -0.683. The van der Waals surface area contributed by atoms with Crippen LogP contribution < -0.4 is 5.32 Å². The van der Waals surface area contributed by atoms with E-state index in [-0.39, 0.29) is 5.78 Å². The summed E-state index contributed by atoms with van der Waals surface area (Å²) in [4.78, 5) is 28.8. The van der Waals surface area contributed by atoms with Crippen molar-refractivity contribution >= 4 is 33.5 Å². The highest BCUT2D eigenvalue weighted by atomic mass is 16.3. The number of hydrogen-bond acceptors (Lipinski definition) is 4. The molecule has 1 unspecified atom stereocenters. The summed E-state index contributed by atoms with van der Waals surface area (Å²) in [5, 5.41) is 13.3. The van der Waals surface area contributed by atoms with Gasteiger partial charge in [-0.25, -0.2) is 4.98 Å². The van der Waals surface area contributed by atoms with Gasteiger partial charge >= 0.3 is 0 Å². The van der Waals surface area contributed by atoms with Gasteiger partial charge in [0.25, 0.3) is 5.91 Å². The lowest BCUT2D eigenvalue weighted by molar-refractivity contribution is -0.119. The third-order valence-electron chi connectivity index (χ3n) is 3.79. The molecule has 0 bridgehead atoms. The van der Waals surface area contributed by atoms with E-state index in [0.717, 1.165) is 0 Å². The summed E-state index contributed by atoms with van der Waals surface area (Å²) in [7, 11) is 0. The van der Waals surface area contributed by atoms with Crippen molar-refractivity contribution in [3.05, 3.63) is 54.1 Å². The number of pyridine rings is 1. The molecule has 23 heavy (non-hydrogen) atoms.